The van der Waals surface area contributed by atoms with Crippen LogP contribution >= 0.6 is 0 Å². The van der Waals surface area contributed by atoms with Crippen molar-refractivity contribution in [2.24, 2.45) is 10.7 Å². The molecule has 2 amide bonds. The molecular formula is C15H29N5O3. The number of ether oxygens (including phenoxy) is 1. The van der Waals surface area contributed by atoms with Gasteiger partial charge in [0.25, 0.3) is 0 Å². The summed E-state index contributed by atoms with van der Waals surface area (Å²) in [6, 6.07) is 0. The summed E-state index contributed by atoms with van der Waals surface area (Å²) in [4.78, 5) is 31.1. The van der Waals surface area contributed by atoms with Crippen molar-refractivity contribution in [3.63, 3.8) is 0 Å². The zero-order valence-corrected chi connectivity index (χ0v) is 14.6. The SMILES string of the molecule is CCCNC(=O)CN=C(N)N1CCN(C(=O)OC(C)(C)C)CC1. The Morgan fingerprint density at radius 1 is 1.17 bits per heavy atom. The molecule has 0 unspecified atom stereocenters. The average molecular weight is 327 g/mol. The van der Waals surface area contributed by atoms with Gasteiger partial charge in [0, 0.05) is 32.7 Å². The third-order valence-electron chi connectivity index (χ3n) is 3.21. The summed E-state index contributed by atoms with van der Waals surface area (Å²) >= 11 is 0. The van der Waals surface area contributed by atoms with Gasteiger partial charge >= 0.3 is 6.09 Å². The number of rotatable bonds is 4. The molecule has 0 atom stereocenters. The number of nitrogens with one attached hydrogen (secondary N) is 1. The van der Waals surface area contributed by atoms with Crippen LogP contribution in [-0.4, -0.2) is 72.6 Å². The van der Waals surface area contributed by atoms with Crippen molar-refractivity contribution in [1.82, 2.24) is 15.1 Å². The molecule has 0 aromatic heterocycles. The maximum absolute atomic E-state index is 12.0. The lowest BCUT2D eigenvalue weighted by Crippen LogP contribution is -2.53. The van der Waals surface area contributed by atoms with Gasteiger partial charge in [0.15, 0.2) is 5.96 Å². The molecule has 1 aliphatic rings. The maximum atomic E-state index is 12.0. The predicted octanol–water partition coefficient (Wildman–Crippen LogP) is 0.380. The van der Waals surface area contributed by atoms with Crippen LogP contribution in [0.5, 0.6) is 0 Å². The van der Waals surface area contributed by atoms with E-state index >= 15 is 0 Å². The van der Waals surface area contributed by atoms with E-state index in [0.29, 0.717) is 38.7 Å². The summed E-state index contributed by atoms with van der Waals surface area (Å²) in [6.45, 7) is 10.4. The monoisotopic (exact) mass is 327 g/mol. The molecule has 0 saturated carbocycles. The average Bonchev–Trinajstić information content (AvgIpc) is 2.49. The Balaban J connectivity index is 2.40. The van der Waals surface area contributed by atoms with Crippen molar-refractivity contribution in [3.8, 4) is 0 Å². The Kier molecular flexibility index (Phi) is 7.12. The van der Waals surface area contributed by atoms with Gasteiger partial charge in [-0.25, -0.2) is 9.79 Å². The van der Waals surface area contributed by atoms with E-state index in [1.54, 1.807) is 4.90 Å². The highest BCUT2D eigenvalue weighted by Gasteiger charge is 2.26. The van der Waals surface area contributed by atoms with E-state index in [9.17, 15) is 9.59 Å². The van der Waals surface area contributed by atoms with Gasteiger partial charge in [-0.3, -0.25) is 4.79 Å². The molecular weight excluding hydrogens is 298 g/mol. The number of hydrogen-bond acceptors (Lipinski definition) is 4. The highest BCUT2D eigenvalue weighted by atomic mass is 16.6. The lowest BCUT2D eigenvalue weighted by atomic mass is 10.2. The minimum absolute atomic E-state index is 0.0259. The highest BCUT2D eigenvalue weighted by Crippen LogP contribution is 2.11. The Labute approximate surface area is 138 Å². The van der Waals surface area contributed by atoms with Crippen molar-refractivity contribution < 1.29 is 14.3 Å². The second-order valence-electron chi connectivity index (χ2n) is 6.48. The fourth-order valence-corrected chi connectivity index (χ4v) is 2.02. The molecule has 23 heavy (non-hydrogen) atoms. The number of guanidine groups is 1. The van der Waals surface area contributed by atoms with Crippen LogP contribution in [0.4, 0.5) is 4.79 Å². The number of piperazine rings is 1. The van der Waals surface area contributed by atoms with Gasteiger partial charge in [0.2, 0.25) is 5.91 Å². The van der Waals surface area contributed by atoms with E-state index in [1.165, 1.54) is 0 Å². The van der Waals surface area contributed by atoms with Gasteiger partial charge in [-0.1, -0.05) is 6.92 Å². The Hall–Kier alpha value is -1.99. The van der Waals surface area contributed by atoms with E-state index in [1.807, 2.05) is 32.6 Å². The number of amides is 2. The van der Waals surface area contributed by atoms with Crippen molar-refractivity contribution in [2.45, 2.75) is 39.7 Å². The van der Waals surface area contributed by atoms with Gasteiger partial charge in [0.05, 0.1) is 0 Å². The first-order chi connectivity index (χ1) is 10.7. The first kappa shape index (κ1) is 19.1. The Morgan fingerprint density at radius 3 is 2.26 bits per heavy atom. The third kappa shape index (κ3) is 7.21. The number of nitrogens with zero attached hydrogens (tertiary/aromatic N) is 3. The highest BCUT2D eigenvalue weighted by molar-refractivity contribution is 5.84. The molecule has 1 heterocycles. The van der Waals surface area contributed by atoms with E-state index in [2.05, 4.69) is 10.3 Å². The van der Waals surface area contributed by atoms with Crippen LogP contribution in [-0.2, 0) is 9.53 Å². The van der Waals surface area contributed by atoms with E-state index in [0.717, 1.165) is 6.42 Å². The predicted molar refractivity (Wildman–Crippen MR) is 89.2 cm³/mol. The van der Waals surface area contributed by atoms with Crippen LogP contribution in [0.3, 0.4) is 0 Å². The van der Waals surface area contributed by atoms with E-state index < -0.39 is 5.60 Å². The topological polar surface area (TPSA) is 100 Å². The molecule has 0 aromatic rings. The van der Waals surface area contributed by atoms with Crippen molar-refractivity contribution in [3.05, 3.63) is 0 Å². The first-order valence-corrected chi connectivity index (χ1v) is 8.02. The van der Waals surface area contributed by atoms with Crippen molar-refractivity contribution in [1.29, 1.82) is 0 Å². The summed E-state index contributed by atoms with van der Waals surface area (Å²) in [5, 5.41) is 2.74. The molecule has 0 aromatic carbocycles. The molecule has 1 rings (SSSR count). The molecule has 132 valence electrons. The molecule has 8 heteroatoms. The molecule has 3 N–H and O–H groups in total. The molecule has 0 bridgehead atoms. The summed E-state index contributed by atoms with van der Waals surface area (Å²) in [7, 11) is 0. The summed E-state index contributed by atoms with van der Waals surface area (Å²) < 4.78 is 5.34. The largest absolute Gasteiger partial charge is 0.444 e. The lowest BCUT2D eigenvalue weighted by Gasteiger charge is -2.36. The summed E-state index contributed by atoms with van der Waals surface area (Å²) in [6.07, 6.45) is 0.573. The minimum Gasteiger partial charge on any atom is -0.444 e. The zero-order chi connectivity index (χ0) is 17.5. The van der Waals surface area contributed by atoms with Crippen LogP contribution in [0, 0.1) is 0 Å². The van der Waals surface area contributed by atoms with Crippen LogP contribution in [0.2, 0.25) is 0 Å². The minimum atomic E-state index is -0.499. The van der Waals surface area contributed by atoms with Crippen molar-refractivity contribution >= 4 is 18.0 Å². The van der Waals surface area contributed by atoms with E-state index in [4.69, 9.17) is 10.5 Å². The van der Waals surface area contributed by atoms with Crippen LogP contribution < -0.4 is 11.1 Å². The lowest BCUT2D eigenvalue weighted by molar-refractivity contribution is -0.119. The number of carbonyl (C=O) groups excluding carboxylic acids is 2. The quantitative estimate of drug-likeness (QED) is 0.574. The maximum Gasteiger partial charge on any atom is 0.410 e. The Bertz CT molecular complexity index is 437. The zero-order valence-electron chi connectivity index (χ0n) is 14.6. The normalized spacial score (nSPS) is 16.3. The van der Waals surface area contributed by atoms with Crippen LogP contribution in [0.1, 0.15) is 34.1 Å². The van der Waals surface area contributed by atoms with Gasteiger partial charge < -0.3 is 25.6 Å². The fraction of sp³-hybridized carbons (Fsp3) is 0.800. The van der Waals surface area contributed by atoms with Crippen LogP contribution in [0.25, 0.3) is 0 Å². The fourth-order valence-electron chi connectivity index (χ4n) is 2.02. The molecule has 0 radical (unpaired) electrons. The van der Waals surface area contributed by atoms with Gasteiger partial charge in [0.1, 0.15) is 12.1 Å². The van der Waals surface area contributed by atoms with E-state index in [-0.39, 0.29) is 18.5 Å². The Morgan fingerprint density at radius 2 is 1.74 bits per heavy atom. The molecule has 0 spiro atoms. The number of aliphatic imine (C=N–C) groups is 1. The number of nitrogens with two attached hydrogens (primary N) is 1. The molecule has 1 aliphatic heterocycles. The second kappa shape index (κ2) is 8.59. The number of hydrogen-bond donors (Lipinski definition) is 2. The summed E-state index contributed by atoms with van der Waals surface area (Å²) in [5.41, 5.74) is 5.41. The molecule has 1 fully saturated rings. The van der Waals surface area contributed by atoms with Gasteiger partial charge in [-0.15, -0.1) is 0 Å². The second-order valence-corrected chi connectivity index (χ2v) is 6.48. The smallest absolute Gasteiger partial charge is 0.410 e. The standard InChI is InChI=1S/C15H29N5O3/c1-5-6-17-12(21)11-18-13(16)19-7-9-20(10-8-19)14(22)23-15(2,3)4/h5-11H2,1-4H3,(H2,16,18)(H,17,21). The molecule has 8 nitrogen and oxygen atoms in total. The first-order valence-electron chi connectivity index (χ1n) is 8.02. The molecule has 1 saturated heterocycles. The van der Waals surface area contributed by atoms with Crippen molar-refractivity contribution in [2.75, 3.05) is 39.3 Å². The van der Waals surface area contributed by atoms with Gasteiger partial charge in [-0.2, -0.15) is 0 Å². The molecule has 0 aliphatic carbocycles. The third-order valence-corrected chi connectivity index (χ3v) is 3.21. The van der Waals surface area contributed by atoms with Gasteiger partial charge in [-0.05, 0) is 27.2 Å². The summed E-state index contributed by atoms with van der Waals surface area (Å²) in [5.74, 6) is 0.197. The number of carbonyl (C=O) groups is 2. The van der Waals surface area contributed by atoms with Crippen LogP contribution in [0.15, 0.2) is 4.99 Å².